The third-order valence-corrected chi connectivity index (χ3v) is 4.16. The molecule has 0 aliphatic carbocycles. The Kier molecular flexibility index (Phi) is 4.93. The highest BCUT2D eigenvalue weighted by atomic mass is 16.5. The minimum atomic E-state index is -0.519. The predicted octanol–water partition coefficient (Wildman–Crippen LogP) is 1.74. The average Bonchev–Trinajstić information content (AvgIpc) is 3.20. The Bertz CT molecular complexity index is 1220. The van der Waals surface area contributed by atoms with Crippen LogP contribution >= 0.6 is 0 Å². The molecule has 29 heavy (non-hydrogen) atoms. The van der Waals surface area contributed by atoms with E-state index in [4.69, 9.17) is 9.47 Å². The van der Waals surface area contributed by atoms with Crippen molar-refractivity contribution in [3.05, 3.63) is 77.5 Å². The Hall–Kier alpha value is -4.14. The molecule has 0 aliphatic heterocycles. The molecule has 9 heteroatoms. The van der Waals surface area contributed by atoms with Crippen LogP contribution in [0.4, 0.5) is 0 Å². The molecule has 0 unspecified atom stereocenters. The average molecular weight is 391 g/mol. The summed E-state index contributed by atoms with van der Waals surface area (Å²) in [6.45, 7) is -0.297. The number of carbonyl (C=O) groups excluding carboxylic acids is 1. The number of para-hydroxylation sites is 3. The first-order chi connectivity index (χ1) is 14.2. The van der Waals surface area contributed by atoms with Gasteiger partial charge in [0.1, 0.15) is 11.7 Å². The quantitative estimate of drug-likeness (QED) is 0.537. The van der Waals surface area contributed by atoms with Crippen molar-refractivity contribution in [2.24, 2.45) is 0 Å². The molecule has 146 valence electrons. The van der Waals surface area contributed by atoms with Crippen LogP contribution < -0.4 is 20.5 Å². The smallest absolute Gasteiger partial charge is 0.283 e. The normalized spacial score (nSPS) is 10.7. The van der Waals surface area contributed by atoms with Crippen molar-refractivity contribution in [3.63, 3.8) is 0 Å². The first kappa shape index (κ1) is 18.2. The predicted molar refractivity (Wildman–Crippen MR) is 106 cm³/mol. The maximum Gasteiger partial charge on any atom is 0.283 e. The summed E-state index contributed by atoms with van der Waals surface area (Å²) in [6.07, 6.45) is 2.67. The Balaban J connectivity index is 1.52. The molecule has 0 bridgehead atoms. The zero-order chi connectivity index (χ0) is 20.2. The molecule has 1 N–H and O–H groups in total. The van der Waals surface area contributed by atoms with Gasteiger partial charge in [-0.05, 0) is 24.3 Å². The van der Waals surface area contributed by atoms with Gasteiger partial charge in [-0.15, -0.1) is 0 Å². The number of fused-ring (bicyclic) bond motifs is 1. The number of nitrogens with zero attached hydrogens (tertiary/aromatic N) is 4. The Morgan fingerprint density at radius 1 is 1.07 bits per heavy atom. The summed E-state index contributed by atoms with van der Waals surface area (Å²) in [4.78, 5) is 29.2. The van der Waals surface area contributed by atoms with E-state index in [0.717, 1.165) is 10.4 Å². The molecule has 0 aliphatic rings. The van der Waals surface area contributed by atoms with Crippen LogP contribution in [0.5, 0.6) is 11.5 Å². The topological polar surface area (TPSA) is 100 Å². The van der Waals surface area contributed by atoms with Gasteiger partial charge in [-0.2, -0.15) is 5.10 Å². The van der Waals surface area contributed by atoms with Gasteiger partial charge in [0, 0.05) is 0 Å². The van der Waals surface area contributed by atoms with E-state index in [1.165, 1.54) is 19.6 Å². The fourth-order valence-electron chi connectivity index (χ4n) is 2.80. The molecule has 2 aromatic heterocycles. The number of methoxy groups -OCH3 is 1. The largest absolute Gasteiger partial charge is 0.493 e. The first-order valence-electron chi connectivity index (χ1n) is 8.74. The van der Waals surface area contributed by atoms with Crippen molar-refractivity contribution in [2.45, 2.75) is 0 Å². The fraction of sp³-hybridized carbons (Fsp3) is 0.100. The number of hydrogen-bond acceptors (Lipinski definition) is 6. The second-order valence-electron chi connectivity index (χ2n) is 6.02. The van der Waals surface area contributed by atoms with Gasteiger partial charge in [-0.3, -0.25) is 15.0 Å². The maximum atomic E-state index is 12.7. The molecule has 4 aromatic rings. The van der Waals surface area contributed by atoms with Gasteiger partial charge in [0.05, 0.1) is 19.0 Å². The van der Waals surface area contributed by atoms with Gasteiger partial charge in [0.2, 0.25) is 0 Å². The standard InChI is InChI=1S/C20H17N5O4/c1-28-16-9-5-6-10-17(16)29-12-18(26)23-24-13-21-19-15(20(24)27)11-22-25(19)14-7-3-2-4-8-14/h2-11,13H,12H2,1H3,(H,23,26). The highest BCUT2D eigenvalue weighted by Crippen LogP contribution is 2.25. The number of benzene rings is 2. The van der Waals surface area contributed by atoms with Crippen molar-refractivity contribution >= 4 is 16.9 Å². The molecule has 2 heterocycles. The third kappa shape index (κ3) is 3.65. The SMILES string of the molecule is COc1ccccc1OCC(=O)Nn1cnc2c(cnn2-c2ccccc2)c1=O. The van der Waals surface area contributed by atoms with Crippen molar-refractivity contribution in [3.8, 4) is 17.2 Å². The number of ether oxygens (including phenoxy) is 2. The number of hydrogen-bond donors (Lipinski definition) is 1. The summed E-state index contributed by atoms with van der Waals surface area (Å²) in [5.74, 6) is 0.415. The molecule has 1 amide bonds. The molecule has 2 aromatic carbocycles. The third-order valence-electron chi connectivity index (χ3n) is 4.16. The molecular weight excluding hydrogens is 374 g/mol. The van der Waals surface area contributed by atoms with E-state index >= 15 is 0 Å². The molecular formula is C20H17N5O4. The molecule has 9 nitrogen and oxygen atoms in total. The van der Waals surface area contributed by atoms with Crippen LogP contribution in [0.3, 0.4) is 0 Å². The van der Waals surface area contributed by atoms with Crippen LogP contribution in [-0.4, -0.2) is 39.1 Å². The number of amides is 1. The van der Waals surface area contributed by atoms with Gasteiger partial charge in [-0.25, -0.2) is 14.3 Å². The van der Waals surface area contributed by atoms with E-state index in [-0.39, 0.29) is 12.0 Å². The van der Waals surface area contributed by atoms with Crippen LogP contribution in [0.25, 0.3) is 16.7 Å². The highest BCUT2D eigenvalue weighted by Gasteiger charge is 2.13. The van der Waals surface area contributed by atoms with Crippen molar-refractivity contribution < 1.29 is 14.3 Å². The molecule has 0 saturated carbocycles. The number of rotatable bonds is 6. The van der Waals surface area contributed by atoms with E-state index < -0.39 is 11.5 Å². The van der Waals surface area contributed by atoms with E-state index in [1.807, 2.05) is 30.3 Å². The maximum absolute atomic E-state index is 12.7. The van der Waals surface area contributed by atoms with Gasteiger partial charge < -0.3 is 9.47 Å². The Labute approximate surface area is 165 Å². The van der Waals surface area contributed by atoms with Crippen LogP contribution in [-0.2, 0) is 4.79 Å². The summed E-state index contributed by atoms with van der Waals surface area (Å²) in [5, 5.41) is 4.51. The van der Waals surface area contributed by atoms with Crippen LogP contribution in [0, 0.1) is 0 Å². The van der Waals surface area contributed by atoms with Gasteiger partial charge in [-0.1, -0.05) is 30.3 Å². The minimum Gasteiger partial charge on any atom is -0.493 e. The number of aromatic nitrogens is 4. The fourth-order valence-corrected chi connectivity index (χ4v) is 2.80. The Morgan fingerprint density at radius 3 is 2.55 bits per heavy atom. The summed E-state index contributed by atoms with van der Waals surface area (Å²) >= 11 is 0. The number of nitrogens with one attached hydrogen (secondary N) is 1. The van der Waals surface area contributed by atoms with Gasteiger partial charge >= 0.3 is 0 Å². The molecule has 0 atom stereocenters. The Morgan fingerprint density at radius 2 is 1.79 bits per heavy atom. The van der Waals surface area contributed by atoms with Crippen LogP contribution in [0.1, 0.15) is 0 Å². The van der Waals surface area contributed by atoms with E-state index in [2.05, 4.69) is 15.5 Å². The highest BCUT2D eigenvalue weighted by molar-refractivity contribution is 5.85. The summed E-state index contributed by atoms with van der Waals surface area (Å²) in [5.41, 5.74) is 3.20. The second-order valence-corrected chi connectivity index (χ2v) is 6.02. The van der Waals surface area contributed by atoms with Crippen LogP contribution in [0.15, 0.2) is 71.9 Å². The van der Waals surface area contributed by atoms with E-state index in [1.54, 1.807) is 28.9 Å². The van der Waals surface area contributed by atoms with Crippen molar-refractivity contribution in [1.82, 2.24) is 19.4 Å². The molecule has 0 saturated heterocycles. The molecule has 0 fully saturated rings. The minimum absolute atomic E-state index is 0.280. The second kappa shape index (κ2) is 7.85. The zero-order valence-corrected chi connectivity index (χ0v) is 15.5. The van der Waals surface area contributed by atoms with Crippen LogP contribution in [0.2, 0.25) is 0 Å². The summed E-state index contributed by atoms with van der Waals surface area (Å²) < 4.78 is 13.2. The van der Waals surface area contributed by atoms with Gasteiger partial charge in [0.25, 0.3) is 11.5 Å². The zero-order valence-electron chi connectivity index (χ0n) is 15.5. The monoisotopic (exact) mass is 391 g/mol. The first-order valence-corrected chi connectivity index (χ1v) is 8.74. The lowest BCUT2D eigenvalue weighted by Crippen LogP contribution is -2.35. The lowest BCUT2D eigenvalue weighted by atomic mass is 10.3. The van der Waals surface area contributed by atoms with Crippen molar-refractivity contribution in [2.75, 3.05) is 19.1 Å². The molecule has 0 spiro atoms. The van der Waals surface area contributed by atoms with E-state index in [9.17, 15) is 9.59 Å². The van der Waals surface area contributed by atoms with Crippen molar-refractivity contribution in [1.29, 1.82) is 0 Å². The summed E-state index contributed by atoms with van der Waals surface area (Å²) in [6, 6.07) is 16.3. The molecule has 4 rings (SSSR count). The number of carbonyl (C=O) groups is 1. The lowest BCUT2D eigenvalue weighted by Gasteiger charge is -2.11. The lowest BCUT2D eigenvalue weighted by molar-refractivity contribution is -0.119. The molecule has 0 radical (unpaired) electrons. The summed E-state index contributed by atoms with van der Waals surface area (Å²) in [7, 11) is 1.51. The van der Waals surface area contributed by atoms with Gasteiger partial charge in [0.15, 0.2) is 23.8 Å². The van der Waals surface area contributed by atoms with E-state index in [0.29, 0.717) is 17.1 Å².